The van der Waals surface area contributed by atoms with E-state index in [1.54, 1.807) is 0 Å². The van der Waals surface area contributed by atoms with Gasteiger partial charge in [-0.1, -0.05) is 73.7 Å². The van der Waals surface area contributed by atoms with E-state index in [0.717, 1.165) is 51.7 Å². The van der Waals surface area contributed by atoms with Crippen molar-refractivity contribution in [3.05, 3.63) is 90.0 Å². The van der Waals surface area contributed by atoms with Gasteiger partial charge < -0.3 is 10.4 Å². The Bertz CT molecular complexity index is 1410. The van der Waals surface area contributed by atoms with Crippen molar-refractivity contribution in [2.24, 2.45) is 0 Å². The van der Waals surface area contributed by atoms with Gasteiger partial charge in [0.1, 0.15) is 5.78 Å². The predicted octanol–water partition coefficient (Wildman–Crippen LogP) is 6.12. The number of benzene rings is 3. The molecule has 0 spiro atoms. The Labute approximate surface area is 217 Å². The summed E-state index contributed by atoms with van der Waals surface area (Å²) < 4.78 is 0. The zero-order chi connectivity index (χ0) is 25.8. The van der Waals surface area contributed by atoms with Crippen LogP contribution in [-0.2, 0) is 11.2 Å². The van der Waals surface area contributed by atoms with Gasteiger partial charge in [0.15, 0.2) is 0 Å². The molecule has 5 rings (SSSR count). The second-order valence-electron chi connectivity index (χ2n) is 9.86. The number of rotatable bonds is 10. The van der Waals surface area contributed by atoms with Crippen LogP contribution in [0.2, 0.25) is 0 Å². The maximum absolute atomic E-state index is 13.8. The Balaban J connectivity index is 1.66. The molecule has 1 unspecified atom stereocenters. The highest BCUT2D eigenvalue weighted by Crippen LogP contribution is 2.38. The largest absolute Gasteiger partial charge is 0.393 e. The summed E-state index contributed by atoms with van der Waals surface area (Å²) >= 11 is 0. The monoisotopic (exact) mass is 492 g/mol. The summed E-state index contributed by atoms with van der Waals surface area (Å²) in [5, 5.41) is 13.8. The highest BCUT2D eigenvalue weighted by Gasteiger charge is 2.28. The van der Waals surface area contributed by atoms with Crippen LogP contribution in [0, 0.1) is 0 Å². The van der Waals surface area contributed by atoms with Gasteiger partial charge in [0, 0.05) is 35.4 Å². The molecular formula is C32H32N2O3. The number of aromatic nitrogens is 1. The van der Waals surface area contributed by atoms with Crippen LogP contribution in [0.1, 0.15) is 54.9 Å². The predicted molar refractivity (Wildman–Crippen MR) is 147 cm³/mol. The SMILES string of the molecule is CCC(O)CCC(=O)Cc1ccc2nc(-c3ccccc3)c(-c3ccccc3)c(C(=O)NC3CC3)c2c1. The van der Waals surface area contributed by atoms with Gasteiger partial charge in [-0.15, -0.1) is 0 Å². The zero-order valence-electron chi connectivity index (χ0n) is 21.1. The number of aliphatic hydroxyl groups excluding tert-OH is 1. The maximum atomic E-state index is 13.8. The Morgan fingerprint density at radius 2 is 1.65 bits per heavy atom. The average Bonchev–Trinajstić information content (AvgIpc) is 3.75. The number of nitrogens with one attached hydrogen (secondary N) is 1. The molecule has 188 valence electrons. The van der Waals surface area contributed by atoms with E-state index in [0.29, 0.717) is 24.8 Å². The van der Waals surface area contributed by atoms with E-state index < -0.39 is 6.10 Å². The minimum absolute atomic E-state index is 0.0768. The van der Waals surface area contributed by atoms with E-state index in [9.17, 15) is 14.7 Å². The van der Waals surface area contributed by atoms with Crippen LogP contribution in [0.25, 0.3) is 33.3 Å². The highest BCUT2D eigenvalue weighted by molar-refractivity contribution is 6.14. The Kier molecular flexibility index (Phi) is 7.42. The number of Topliss-reactive ketones (excluding diaryl/α,β-unsaturated/α-hetero) is 1. The van der Waals surface area contributed by atoms with Gasteiger partial charge in [-0.25, -0.2) is 4.98 Å². The third kappa shape index (κ3) is 5.78. The van der Waals surface area contributed by atoms with Crippen LogP contribution >= 0.6 is 0 Å². The fourth-order valence-electron chi connectivity index (χ4n) is 4.68. The molecule has 5 heteroatoms. The summed E-state index contributed by atoms with van der Waals surface area (Å²) in [7, 11) is 0. The standard InChI is InChI=1S/C32H32N2O3/c1-2-25(35)16-17-26(36)19-21-13-18-28-27(20-21)30(32(37)33-24-14-15-24)29(22-9-5-3-6-10-22)31(34-28)23-11-7-4-8-12-23/h3-13,18,20,24-25,35H,2,14-17,19H2,1H3,(H,33,37). The minimum Gasteiger partial charge on any atom is -0.393 e. The van der Waals surface area contributed by atoms with Gasteiger partial charge in [0.05, 0.1) is 22.9 Å². The second kappa shape index (κ2) is 11.1. The molecule has 1 saturated carbocycles. The number of hydrogen-bond donors (Lipinski definition) is 2. The number of aliphatic hydroxyl groups is 1. The first-order chi connectivity index (χ1) is 18.0. The van der Waals surface area contributed by atoms with Crippen molar-refractivity contribution < 1.29 is 14.7 Å². The van der Waals surface area contributed by atoms with Gasteiger partial charge in [-0.05, 0) is 48.9 Å². The van der Waals surface area contributed by atoms with Crippen molar-refractivity contribution in [2.75, 3.05) is 0 Å². The van der Waals surface area contributed by atoms with Crippen molar-refractivity contribution in [3.63, 3.8) is 0 Å². The summed E-state index contributed by atoms with van der Waals surface area (Å²) in [5.74, 6) is -0.0338. The molecule has 0 saturated heterocycles. The molecule has 37 heavy (non-hydrogen) atoms. The molecular weight excluding hydrogens is 460 g/mol. The van der Waals surface area contributed by atoms with Crippen LogP contribution < -0.4 is 5.32 Å². The molecule has 0 aliphatic heterocycles. The Morgan fingerprint density at radius 3 is 2.30 bits per heavy atom. The number of pyridine rings is 1. The van der Waals surface area contributed by atoms with Crippen molar-refractivity contribution in [1.82, 2.24) is 10.3 Å². The van der Waals surface area contributed by atoms with E-state index in [1.165, 1.54) is 0 Å². The van der Waals surface area contributed by atoms with Gasteiger partial charge in [-0.2, -0.15) is 0 Å². The van der Waals surface area contributed by atoms with Gasteiger partial charge in [0.2, 0.25) is 0 Å². The molecule has 1 fully saturated rings. The average molecular weight is 493 g/mol. The van der Waals surface area contributed by atoms with Crippen molar-refractivity contribution >= 4 is 22.6 Å². The summed E-state index contributed by atoms with van der Waals surface area (Å²) in [5.41, 5.74) is 5.58. The first-order valence-corrected chi connectivity index (χ1v) is 13.1. The first-order valence-electron chi connectivity index (χ1n) is 13.1. The molecule has 1 aromatic heterocycles. The Hall–Kier alpha value is -3.83. The van der Waals surface area contributed by atoms with Crippen molar-refractivity contribution in [1.29, 1.82) is 0 Å². The fourth-order valence-corrected chi connectivity index (χ4v) is 4.68. The lowest BCUT2D eigenvalue weighted by molar-refractivity contribution is -0.119. The molecule has 0 bridgehead atoms. The molecule has 2 N–H and O–H groups in total. The molecule has 3 aromatic carbocycles. The molecule has 1 aliphatic carbocycles. The van der Waals surface area contributed by atoms with Crippen LogP contribution in [0.5, 0.6) is 0 Å². The number of carbonyl (C=O) groups excluding carboxylic acids is 2. The normalized spacial score (nSPS) is 13.9. The van der Waals surface area contributed by atoms with Crippen LogP contribution in [0.4, 0.5) is 0 Å². The van der Waals surface area contributed by atoms with Crippen LogP contribution in [-0.4, -0.2) is 33.9 Å². The van der Waals surface area contributed by atoms with E-state index in [1.807, 2.05) is 85.8 Å². The Morgan fingerprint density at radius 1 is 0.973 bits per heavy atom. The van der Waals surface area contributed by atoms with E-state index in [4.69, 9.17) is 4.98 Å². The van der Waals surface area contributed by atoms with Crippen molar-refractivity contribution in [3.8, 4) is 22.4 Å². The highest BCUT2D eigenvalue weighted by atomic mass is 16.3. The third-order valence-electron chi connectivity index (χ3n) is 6.93. The lowest BCUT2D eigenvalue weighted by atomic mass is 9.90. The lowest BCUT2D eigenvalue weighted by Crippen LogP contribution is -2.26. The number of hydrogen-bond acceptors (Lipinski definition) is 4. The number of carbonyl (C=O) groups is 2. The van der Waals surface area contributed by atoms with Gasteiger partial charge >= 0.3 is 0 Å². The van der Waals surface area contributed by atoms with Crippen LogP contribution in [0.15, 0.2) is 78.9 Å². The van der Waals surface area contributed by atoms with E-state index in [-0.39, 0.29) is 24.2 Å². The van der Waals surface area contributed by atoms with Gasteiger partial charge in [0.25, 0.3) is 5.91 Å². The summed E-state index contributed by atoms with van der Waals surface area (Å²) in [6, 6.07) is 25.8. The van der Waals surface area contributed by atoms with Crippen LogP contribution in [0.3, 0.4) is 0 Å². The second-order valence-corrected chi connectivity index (χ2v) is 9.86. The molecule has 1 atom stereocenters. The van der Waals surface area contributed by atoms with E-state index >= 15 is 0 Å². The van der Waals surface area contributed by atoms with Gasteiger partial charge in [-0.3, -0.25) is 9.59 Å². The molecule has 4 aromatic rings. The summed E-state index contributed by atoms with van der Waals surface area (Å²) in [6.07, 6.45) is 3.24. The fraction of sp³-hybridized carbons (Fsp3) is 0.281. The third-order valence-corrected chi connectivity index (χ3v) is 6.93. The maximum Gasteiger partial charge on any atom is 0.252 e. The minimum atomic E-state index is -0.452. The number of ketones is 1. The lowest BCUT2D eigenvalue weighted by Gasteiger charge is -2.18. The smallest absolute Gasteiger partial charge is 0.252 e. The van der Waals surface area contributed by atoms with E-state index in [2.05, 4.69) is 5.32 Å². The number of fused-ring (bicyclic) bond motifs is 1. The molecule has 0 radical (unpaired) electrons. The first kappa shape index (κ1) is 24.8. The zero-order valence-corrected chi connectivity index (χ0v) is 21.1. The molecule has 5 nitrogen and oxygen atoms in total. The molecule has 1 aliphatic rings. The quantitative estimate of drug-likeness (QED) is 0.279. The number of nitrogens with zero attached hydrogens (tertiary/aromatic N) is 1. The number of amides is 1. The topological polar surface area (TPSA) is 79.3 Å². The van der Waals surface area contributed by atoms with Crippen molar-refractivity contribution in [2.45, 2.75) is 57.6 Å². The molecule has 1 amide bonds. The summed E-state index contributed by atoms with van der Waals surface area (Å²) in [6.45, 7) is 1.91. The summed E-state index contributed by atoms with van der Waals surface area (Å²) in [4.78, 5) is 31.5. The molecule has 1 heterocycles.